The van der Waals surface area contributed by atoms with Crippen molar-refractivity contribution in [2.45, 2.75) is 27.3 Å². The fourth-order valence-electron chi connectivity index (χ4n) is 2.09. The second kappa shape index (κ2) is 6.08. The van der Waals surface area contributed by atoms with E-state index >= 15 is 0 Å². The topological polar surface area (TPSA) is 53.6 Å². The molecule has 20 heavy (non-hydrogen) atoms. The standard InChI is InChI=1S/C15H17ClN4/c1-4-18-9-12-5-6-14(13(7-12)8-17)20-11(3)15(16)10(2)19-20/h5-7,18H,4,9H2,1-3H3. The van der Waals surface area contributed by atoms with Crippen LogP contribution in [0.4, 0.5) is 0 Å². The Kier molecular flexibility index (Phi) is 4.43. The van der Waals surface area contributed by atoms with Crippen molar-refractivity contribution >= 4 is 11.6 Å². The zero-order chi connectivity index (χ0) is 14.7. The molecule has 0 aliphatic carbocycles. The van der Waals surface area contributed by atoms with Crippen LogP contribution in [0.1, 0.15) is 29.4 Å². The maximum Gasteiger partial charge on any atom is 0.101 e. The summed E-state index contributed by atoms with van der Waals surface area (Å²) in [4.78, 5) is 0. The van der Waals surface area contributed by atoms with E-state index in [1.807, 2.05) is 32.0 Å². The molecular formula is C15H17ClN4. The molecule has 1 heterocycles. The molecule has 0 fully saturated rings. The van der Waals surface area contributed by atoms with Crippen LogP contribution in [-0.4, -0.2) is 16.3 Å². The van der Waals surface area contributed by atoms with Crippen molar-refractivity contribution in [3.63, 3.8) is 0 Å². The lowest BCUT2D eigenvalue weighted by molar-refractivity contribution is 0.726. The summed E-state index contributed by atoms with van der Waals surface area (Å²) in [7, 11) is 0. The van der Waals surface area contributed by atoms with Crippen LogP contribution in [0, 0.1) is 25.2 Å². The smallest absolute Gasteiger partial charge is 0.101 e. The highest BCUT2D eigenvalue weighted by Crippen LogP contribution is 2.24. The molecule has 2 rings (SSSR count). The van der Waals surface area contributed by atoms with Crippen molar-refractivity contribution in [2.75, 3.05) is 6.54 Å². The van der Waals surface area contributed by atoms with Gasteiger partial charge in [0.2, 0.25) is 0 Å². The van der Waals surface area contributed by atoms with Gasteiger partial charge in [-0.25, -0.2) is 4.68 Å². The first-order valence-corrected chi connectivity index (χ1v) is 6.92. The van der Waals surface area contributed by atoms with Crippen molar-refractivity contribution < 1.29 is 0 Å². The minimum Gasteiger partial charge on any atom is -0.313 e. The maximum atomic E-state index is 9.35. The summed E-state index contributed by atoms with van der Waals surface area (Å²) in [5.41, 5.74) is 4.06. The zero-order valence-corrected chi connectivity index (χ0v) is 12.6. The number of halogens is 1. The Hall–Kier alpha value is -1.83. The molecule has 0 bridgehead atoms. The van der Waals surface area contributed by atoms with E-state index in [4.69, 9.17) is 11.6 Å². The van der Waals surface area contributed by atoms with E-state index in [-0.39, 0.29) is 0 Å². The van der Waals surface area contributed by atoms with Gasteiger partial charge in [-0.05, 0) is 38.1 Å². The Bertz CT molecular complexity index is 667. The number of nitrogens with one attached hydrogen (secondary N) is 1. The molecule has 1 N–H and O–H groups in total. The molecule has 104 valence electrons. The van der Waals surface area contributed by atoms with E-state index in [0.717, 1.165) is 35.7 Å². The van der Waals surface area contributed by atoms with Gasteiger partial charge < -0.3 is 5.32 Å². The molecule has 0 aliphatic heterocycles. The third kappa shape index (κ3) is 2.69. The monoisotopic (exact) mass is 288 g/mol. The minimum absolute atomic E-state index is 0.600. The average Bonchev–Trinajstić information content (AvgIpc) is 2.72. The summed E-state index contributed by atoms with van der Waals surface area (Å²) < 4.78 is 1.73. The van der Waals surface area contributed by atoms with Crippen molar-refractivity contribution in [3.8, 4) is 11.8 Å². The summed E-state index contributed by atoms with van der Waals surface area (Å²) in [5, 5.41) is 17.6. The van der Waals surface area contributed by atoms with Crippen LogP contribution in [0.5, 0.6) is 0 Å². The number of nitrogens with zero attached hydrogens (tertiary/aromatic N) is 3. The fourth-order valence-corrected chi connectivity index (χ4v) is 2.21. The van der Waals surface area contributed by atoms with Crippen LogP contribution in [0.2, 0.25) is 5.02 Å². The highest BCUT2D eigenvalue weighted by atomic mass is 35.5. The van der Waals surface area contributed by atoms with Crippen LogP contribution in [0.15, 0.2) is 18.2 Å². The average molecular weight is 289 g/mol. The van der Waals surface area contributed by atoms with Crippen LogP contribution in [-0.2, 0) is 6.54 Å². The SMILES string of the molecule is CCNCc1ccc(-n2nc(C)c(Cl)c2C)c(C#N)c1. The first-order chi connectivity index (χ1) is 9.58. The van der Waals surface area contributed by atoms with Crippen molar-refractivity contribution in [1.29, 1.82) is 5.26 Å². The number of nitriles is 1. The van der Waals surface area contributed by atoms with Gasteiger partial charge in [-0.1, -0.05) is 24.6 Å². The summed E-state index contributed by atoms with van der Waals surface area (Å²) in [6, 6.07) is 8.05. The Morgan fingerprint density at radius 3 is 2.70 bits per heavy atom. The second-order valence-corrected chi connectivity index (χ2v) is 5.02. The van der Waals surface area contributed by atoms with E-state index in [1.54, 1.807) is 4.68 Å². The second-order valence-electron chi connectivity index (χ2n) is 4.64. The van der Waals surface area contributed by atoms with Gasteiger partial charge in [0.15, 0.2) is 0 Å². The highest BCUT2D eigenvalue weighted by molar-refractivity contribution is 6.31. The third-order valence-corrected chi connectivity index (χ3v) is 3.74. The Morgan fingerprint density at radius 1 is 1.40 bits per heavy atom. The molecule has 0 radical (unpaired) electrons. The van der Waals surface area contributed by atoms with Gasteiger partial charge in [0, 0.05) is 6.54 Å². The highest BCUT2D eigenvalue weighted by Gasteiger charge is 2.13. The summed E-state index contributed by atoms with van der Waals surface area (Å²) in [6.07, 6.45) is 0. The van der Waals surface area contributed by atoms with Crippen molar-refractivity contribution in [3.05, 3.63) is 45.7 Å². The van der Waals surface area contributed by atoms with Gasteiger partial charge in [0.05, 0.1) is 27.7 Å². The van der Waals surface area contributed by atoms with Gasteiger partial charge in [0.1, 0.15) is 6.07 Å². The lowest BCUT2D eigenvalue weighted by Gasteiger charge is -2.09. The van der Waals surface area contributed by atoms with Crippen LogP contribution < -0.4 is 5.32 Å². The first kappa shape index (κ1) is 14.6. The maximum absolute atomic E-state index is 9.35. The Morgan fingerprint density at radius 2 is 2.15 bits per heavy atom. The normalized spacial score (nSPS) is 10.6. The molecule has 4 nitrogen and oxygen atoms in total. The van der Waals surface area contributed by atoms with Crippen LogP contribution in [0.25, 0.3) is 5.69 Å². The van der Waals surface area contributed by atoms with Gasteiger partial charge in [0.25, 0.3) is 0 Å². The summed E-state index contributed by atoms with van der Waals surface area (Å²) >= 11 is 6.17. The zero-order valence-electron chi connectivity index (χ0n) is 11.9. The van der Waals surface area contributed by atoms with Gasteiger partial charge >= 0.3 is 0 Å². The van der Waals surface area contributed by atoms with E-state index in [1.165, 1.54) is 0 Å². The Labute approximate surface area is 124 Å². The predicted molar refractivity (Wildman–Crippen MR) is 80.1 cm³/mol. The molecule has 0 spiro atoms. The number of aromatic nitrogens is 2. The largest absolute Gasteiger partial charge is 0.313 e. The van der Waals surface area contributed by atoms with E-state index in [9.17, 15) is 5.26 Å². The summed E-state index contributed by atoms with van der Waals surface area (Å²) in [5.74, 6) is 0. The molecule has 0 saturated carbocycles. The molecule has 1 aromatic heterocycles. The lowest BCUT2D eigenvalue weighted by Crippen LogP contribution is -2.12. The molecule has 2 aromatic rings. The lowest BCUT2D eigenvalue weighted by atomic mass is 10.1. The number of rotatable bonds is 4. The fraction of sp³-hybridized carbons (Fsp3) is 0.333. The third-order valence-electron chi connectivity index (χ3n) is 3.19. The molecule has 0 amide bonds. The molecular weight excluding hydrogens is 272 g/mol. The van der Waals surface area contributed by atoms with Crippen molar-refractivity contribution in [2.24, 2.45) is 0 Å². The predicted octanol–water partition coefficient (Wildman–Crippen LogP) is 3.12. The van der Waals surface area contributed by atoms with Gasteiger partial charge in [-0.15, -0.1) is 0 Å². The number of hydrogen-bond acceptors (Lipinski definition) is 3. The first-order valence-electron chi connectivity index (χ1n) is 6.54. The molecule has 0 saturated heterocycles. The van der Waals surface area contributed by atoms with Crippen LogP contribution >= 0.6 is 11.6 Å². The van der Waals surface area contributed by atoms with E-state index in [2.05, 4.69) is 23.4 Å². The minimum atomic E-state index is 0.600. The summed E-state index contributed by atoms with van der Waals surface area (Å²) in [6.45, 7) is 7.46. The van der Waals surface area contributed by atoms with E-state index < -0.39 is 0 Å². The van der Waals surface area contributed by atoms with Crippen molar-refractivity contribution in [1.82, 2.24) is 15.1 Å². The molecule has 0 aliphatic rings. The van der Waals surface area contributed by atoms with E-state index in [0.29, 0.717) is 10.6 Å². The quantitative estimate of drug-likeness (QED) is 0.940. The Balaban J connectivity index is 2.47. The molecule has 0 unspecified atom stereocenters. The van der Waals surface area contributed by atoms with Gasteiger partial charge in [-0.2, -0.15) is 10.4 Å². The molecule has 5 heteroatoms. The number of benzene rings is 1. The number of hydrogen-bond donors (Lipinski definition) is 1. The van der Waals surface area contributed by atoms with Crippen LogP contribution in [0.3, 0.4) is 0 Å². The molecule has 0 atom stereocenters. The van der Waals surface area contributed by atoms with Gasteiger partial charge in [-0.3, -0.25) is 0 Å². The number of aryl methyl sites for hydroxylation is 1. The molecule has 1 aromatic carbocycles.